The van der Waals surface area contributed by atoms with Gasteiger partial charge in [-0.3, -0.25) is 4.79 Å². The molecule has 1 rings (SSSR count). The molecule has 102 valence electrons. The first-order valence-corrected chi connectivity index (χ1v) is 6.38. The second-order valence-electron chi connectivity index (χ2n) is 5.86. The molecule has 2 atom stereocenters. The van der Waals surface area contributed by atoms with Gasteiger partial charge in [0.25, 0.3) is 0 Å². The summed E-state index contributed by atoms with van der Waals surface area (Å²) in [6.07, 6.45) is 3.44. The summed E-state index contributed by atoms with van der Waals surface area (Å²) in [6.45, 7) is 7.42. The number of hydrogen-bond acceptors (Lipinski definition) is 3. The zero-order valence-corrected chi connectivity index (χ0v) is 11.5. The van der Waals surface area contributed by atoms with Crippen LogP contribution in [0.1, 0.15) is 47.0 Å². The number of esters is 1. The van der Waals surface area contributed by atoms with Gasteiger partial charge < -0.3 is 9.84 Å². The minimum absolute atomic E-state index is 0.135. The number of carboxylic acid groups (broad SMARTS) is 1. The third kappa shape index (κ3) is 4.17. The van der Waals surface area contributed by atoms with E-state index in [2.05, 4.69) is 0 Å². The number of carbonyl (C=O) groups excluding carboxylic acids is 1. The molecule has 0 aromatic carbocycles. The molecule has 0 radical (unpaired) electrons. The summed E-state index contributed by atoms with van der Waals surface area (Å²) in [5, 5.41) is 9.11. The summed E-state index contributed by atoms with van der Waals surface area (Å²) < 4.78 is 5.20. The summed E-state index contributed by atoms with van der Waals surface area (Å²) in [5.41, 5.74) is 0.381. The van der Waals surface area contributed by atoms with E-state index in [-0.39, 0.29) is 17.8 Å². The Balaban J connectivity index is 2.69. The summed E-state index contributed by atoms with van der Waals surface area (Å²) in [4.78, 5) is 22.7. The largest absolute Gasteiger partial charge is 0.481 e. The number of aliphatic carboxylic acids is 1. The fraction of sp³-hybridized carbons (Fsp3) is 0.714. The van der Waals surface area contributed by atoms with Crippen LogP contribution in [0.4, 0.5) is 0 Å². The lowest BCUT2D eigenvalue weighted by Gasteiger charge is -2.18. The van der Waals surface area contributed by atoms with Crippen LogP contribution >= 0.6 is 0 Å². The lowest BCUT2D eigenvalue weighted by molar-refractivity contribution is -0.148. The van der Waals surface area contributed by atoms with Crippen LogP contribution in [0, 0.1) is 11.8 Å². The monoisotopic (exact) mass is 254 g/mol. The zero-order chi connectivity index (χ0) is 13.9. The van der Waals surface area contributed by atoms with Gasteiger partial charge in [0, 0.05) is 6.08 Å². The van der Waals surface area contributed by atoms with Crippen molar-refractivity contribution in [2.24, 2.45) is 11.8 Å². The molecule has 0 aromatic rings. The van der Waals surface area contributed by atoms with Gasteiger partial charge in [-0.1, -0.05) is 18.9 Å². The number of hydrogen-bond donors (Lipinski definition) is 1. The summed E-state index contributed by atoms with van der Waals surface area (Å²) in [7, 11) is 0. The van der Waals surface area contributed by atoms with Gasteiger partial charge in [0.15, 0.2) is 0 Å². The fourth-order valence-electron chi connectivity index (χ4n) is 2.35. The molecule has 4 nitrogen and oxygen atoms in total. The van der Waals surface area contributed by atoms with Crippen molar-refractivity contribution in [2.45, 2.75) is 52.6 Å². The van der Waals surface area contributed by atoms with Gasteiger partial charge in [-0.15, -0.1) is 0 Å². The molecule has 1 fully saturated rings. The first-order chi connectivity index (χ1) is 8.23. The van der Waals surface area contributed by atoms with E-state index in [4.69, 9.17) is 9.84 Å². The second kappa shape index (κ2) is 5.55. The highest BCUT2D eigenvalue weighted by Crippen LogP contribution is 2.38. The highest BCUT2D eigenvalue weighted by molar-refractivity contribution is 5.83. The lowest BCUT2D eigenvalue weighted by atomic mass is 9.94. The Hall–Kier alpha value is -1.32. The SMILES string of the molecule is CCC1CC(=CC(=O)OC(C)(C)C)CC1C(=O)O. The molecule has 1 aliphatic rings. The van der Waals surface area contributed by atoms with Crippen LogP contribution in [0.15, 0.2) is 11.6 Å². The quantitative estimate of drug-likeness (QED) is 0.621. The first kappa shape index (κ1) is 14.7. The zero-order valence-electron chi connectivity index (χ0n) is 11.5. The van der Waals surface area contributed by atoms with Gasteiger partial charge >= 0.3 is 11.9 Å². The topological polar surface area (TPSA) is 63.6 Å². The normalized spacial score (nSPS) is 26.3. The van der Waals surface area contributed by atoms with Crippen LogP contribution in [0.2, 0.25) is 0 Å². The molecular formula is C14H22O4. The highest BCUT2D eigenvalue weighted by atomic mass is 16.6. The van der Waals surface area contributed by atoms with E-state index < -0.39 is 11.6 Å². The predicted octanol–water partition coefficient (Wildman–Crippen LogP) is 2.78. The molecule has 0 spiro atoms. The van der Waals surface area contributed by atoms with Crippen molar-refractivity contribution in [1.82, 2.24) is 0 Å². The van der Waals surface area contributed by atoms with E-state index in [9.17, 15) is 9.59 Å². The number of allylic oxidation sites excluding steroid dienone is 1. The molecule has 18 heavy (non-hydrogen) atoms. The van der Waals surface area contributed by atoms with Crippen molar-refractivity contribution >= 4 is 11.9 Å². The number of carboxylic acids is 1. The maximum absolute atomic E-state index is 11.6. The predicted molar refractivity (Wildman–Crippen MR) is 68.1 cm³/mol. The Bertz CT molecular complexity index is 362. The average Bonchev–Trinajstić information content (AvgIpc) is 2.57. The molecule has 2 unspecified atom stereocenters. The van der Waals surface area contributed by atoms with Crippen molar-refractivity contribution < 1.29 is 19.4 Å². The molecule has 1 saturated carbocycles. The Morgan fingerprint density at radius 2 is 2.00 bits per heavy atom. The number of rotatable bonds is 3. The molecule has 0 aliphatic heterocycles. The molecule has 1 aliphatic carbocycles. The molecule has 0 amide bonds. The third-order valence-corrected chi connectivity index (χ3v) is 3.15. The van der Waals surface area contributed by atoms with E-state index in [1.807, 2.05) is 27.7 Å². The highest BCUT2D eigenvalue weighted by Gasteiger charge is 2.34. The standard InChI is InChI=1S/C14H22O4/c1-5-10-6-9(7-11(10)13(16)17)8-12(15)18-14(2,3)4/h8,10-11H,5-7H2,1-4H3,(H,16,17). The number of carbonyl (C=O) groups is 2. The van der Waals surface area contributed by atoms with Crippen molar-refractivity contribution in [3.8, 4) is 0 Å². The average molecular weight is 254 g/mol. The van der Waals surface area contributed by atoms with Crippen LogP contribution in [0.3, 0.4) is 0 Å². The van der Waals surface area contributed by atoms with E-state index in [0.717, 1.165) is 12.0 Å². The van der Waals surface area contributed by atoms with Crippen LogP contribution in [0.25, 0.3) is 0 Å². The Morgan fingerprint density at radius 3 is 2.39 bits per heavy atom. The van der Waals surface area contributed by atoms with Crippen LogP contribution in [0.5, 0.6) is 0 Å². The van der Waals surface area contributed by atoms with E-state index >= 15 is 0 Å². The molecule has 0 heterocycles. The van der Waals surface area contributed by atoms with E-state index in [1.54, 1.807) is 0 Å². The van der Waals surface area contributed by atoms with Crippen LogP contribution in [-0.4, -0.2) is 22.6 Å². The molecular weight excluding hydrogens is 232 g/mol. The molecule has 0 bridgehead atoms. The van der Waals surface area contributed by atoms with Crippen molar-refractivity contribution in [1.29, 1.82) is 0 Å². The molecule has 0 aromatic heterocycles. The van der Waals surface area contributed by atoms with Gasteiger partial charge in [0.2, 0.25) is 0 Å². The maximum atomic E-state index is 11.6. The van der Waals surface area contributed by atoms with Crippen molar-refractivity contribution in [3.05, 3.63) is 11.6 Å². The smallest absolute Gasteiger partial charge is 0.331 e. The first-order valence-electron chi connectivity index (χ1n) is 6.38. The molecule has 1 N–H and O–H groups in total. The molecule has 4 heteroatoms. The Kier molecular flexibility index (Phi) is 4.54. The third-order valence-electron chi connectivity index (χ3n) is 3.15. The summed E-state index contributed by atoms with van der Waals surface area (Å²) in [5.74, 6) is -1.37. The van der Waals surface area contributed by atoms with E-state index in [0.29, 0.717) is 12.8 Å². The second-order valence-corrected chi connectivity index (χ2v) is 5.86. The summed E-state index contributed by atoms with van der Waals surface area (Å²) >= 11 is 0. The minimum atomic E-state index is -0.769. The Morgan fingerprint density at radius 1 is 1.39 bits per heavy atom. The molecule has 0 saturated heterocycles. The lowest BCUT2D eigenvalue weighted by Crippen LogP contribution is -2.22. The van der Waals surface area contributed by atoms with Crippen molar-refractivity contribution in [3.63, 3.8) is 0 Å². The van der Waals surface area contributed by atoms with Gasteiger partial charge in [-0.2, -0.15) is 0 Å². The van der Waals surface area contributed by atoms with Gasteiger partial charge in [0.05, 0.1) is 5.92 Å². The summed E-state index contributed by atoms with van der Waals surface area (Å²) in [6, 6.07) is 0. The van der Waals surface area contributed by atoms with Gasteiger partial charge in [0.1, 0.15) is 5.60 Å². The number of ether oxygens (including phenoxy) is 1. The Labute approximate surface area is 108 Å². The van der Waals surface area contributed by atoms with Crippen molar-refractivity contribution in [2.75, 3.05) is 0 Å². The van der Waals surface area contributed by atoms with Crippen LogP contribution < -0.4 is 0 Å². The fourth-order valence-corrected chi connectivity index (χ4v) is 2.35. The maximum Gasteiger partial charge on any atom is 0.331 e. The van der Waals surface area contributed by atoms with Gasteiger partial charge in [-0.05, 0) is 39.5 Å². The minimum Gasteiger partial charge on any atom is -0.481 e. The van der Waals surface area contributed by atoms with E-state index in [1.165, 1.54) is 6.08 Å². The van der Waals surface area contributed by atoms with Gasteiger partial charge in [-0.25, -0.2) is 4.79 Å². The van der Waals surface area contributed by atoms with Crippen LogP contribution in [-0.2, 0) is 14.3 Å².